The number of ether oxygens (including phenoxy) is 1. The smallest absolute Gasteiger partial charge is 0.237 e. The van der Waals surface area contributed by atoms with Gasteiger partial charge in [0.05, 0.1) is 12.4 Å². The normalized spacial score (nSPS) is 14.8. The van der Waals surface area contributed by atoms with E-state index in [1.807, 2.05) is 31.2 Å². The molecule has 0 saturated heterocycles. The monoisotopic (exact) mass is 493 g/mol. The highest BCUT2D eigenvalue weighted by Gasteiger charge is 2.26. The van der Waals surface area contributed by atoms with Crippen LogP contribution in [0.4, 0.5) is 11.4 Å². The highest BCUT2D eigenvalue weighted by Crippen LogP contribution is 2.37. The summed E-state index contributed by atoms with van der Waals surface area (Å²) in [6, 6.07) is 15.2. The van der Waals surface area contributed by atoms with Gasteiger partial charge in [-0.3, -0.25) is 14.2 Å². The maximum atomic E-state index is 12.9. The van der Waals surface area contributed by atoms with Gasteiger partial charge in [0.2, 0.25) is 11.8 Å². The molecule has 1 aliphatic carbocycles. The van der Waals surface area contributed by atoms with E-state index in [1.54, 1.807) is 31.4 Å². The first-order valence-corrected chi connectivity index (χ1v) is 12.8. The molecule has 35 heavy (non-hydrogen) atoms. The second-order valence-electron chi connectivity index (χ2n) is 8.70. The number of nitrogens with one attached hydrogen (secondary N) is 2. The van der Waals surface area contributed by atoms with Crippen LogP contribution in [0.3, 0.4) is 0 Å². The van der Waals surface area contributed by atoms with Gasteiger partial charge in [-0.15, -0.1) is 10.2 Å². The lowest BCUT2D eigenvalue weighted by Gasteiger charge is -2.26. The lowest BCUT2D eigenvalue weighted by molar-refractivity contribution is -0.115. The average molecular weight is 494 g/mol. The van der Waals surface area contributed by atoms with Crippen molar-refractivity contribution in [2.45, 2.75) is 62.4 Å². The number of thioether (sulfide) groups is 1. The minimum atomic E-state index is -0.375. The number of carbonyl (C=O) groups is 2. The molecule has 4 rings (SSSR count). The molecule has 2 aromatic carbocycles. The summed E-state index contributed by atoms with van der Waals surface area (Å²) in [5, 5.41) is 15.1. The number of benzene rings is 2. The summed E-state index contributed by atoms with van der Waals surface area (Å²) in [7, 11) is 1.65. The van der Waals surface area contributed by atoms with Crippen molar-refractivity contribution in [2.24, 2.45) is 0 Å². The molecule has 184 valence electrons. The Labute approximate surface area is 209 Å². The summed E-state index contributed by atoms with van der Waals surface area (Å²) in [6.07, 6.45) is 5.77. The van der Waals surface area contributed by atoms with Crippen LogP contribution in [0.1, 0.15) is 52.0 Å². The number of nitrogens with zero attached hydrogens (tertiary/aromatic N) is 3. The van der Waals surface area contributed by atoms with Crippen molar-refractivity contribution in [2.75, 3.05) is 17.7 Å². The molecular formula is C26H31N5O3S. The lowest BCUT2D eigenvalue weighted by atomic mass is 9.95. The molecule has 0 radical (unpaired) electrons. The molecule has 1 heterocycles. The summed E-state index contributed by atoms with van der Waals surface area (Å²) in [5.41, 5.74) is 2.33. The highest BCUT2D eigenvalue weighted by atomic mass is 32.2. The fourth-order valence-electron chi connectivity index (χ4n) is 4.26. The van der Waals surface area contributed by atoms with Crippen LogP contribution in [0.2, 0.25) is 0 Å². The lowest BCUT2D eigenvalue weighted by Crippen LogP contribution is -2.23. The zero-order valence-electron chi connectivity index (χ0n) is 20.3. The largest absolute Gasteiger partial charge is 0.497 e. The van der Waals surface area contributed by atoms with Crippen LogP contribution < -0.4 is 15.4 Å². The Bertz CT molecular complexity index is 1150. The fourth-order valence-corrected chi connectivity index (χ4v) is 5.18. The van der Waals surface area contributed by atoms with Gasteiger partial charge in [0.1, 0.15) is 5.75 Å². The molecule has 1 saturated carbocycles. The third-order valence-electron chi connectivity index (χ3n) is 6.08. The fraction of sp³-hybridized carbons (Fsp3) is 0.385. The molecule has 1 aliphatic rings. The topological polar surface area (TPSA) is 98.1 Å². The van der Waals surface area contributed by atoms with E-state index < -0.39 is 0 Å². The predicted octanol–water partition coefficient (Wildman–Crippen LogP) is 5.54. The van der Waals surface area contributed by atoms with Gasteiger partial charge in [-0.2, -0.15) is 0 Å². The molecule has 9 heteroatoms. The van der Waals surface area contributed by atoms with E-state index in [0.29, 0.717) is 17.4 Å². The molecule has 2 N–H and O–H groups in total. The molecule has 0 aliphatic heterocycles. The van der Waals surface area contributed by atoms with Gasteiger partial charge in [-0.1, -0.05) is 31.0 Å². The summed E-state index contributed by atoms with van der Waals surface area (Å²) in [6.45, 7) is 3.33. The first-order chi connectivity index (χ1) is 16.9. The van der Waals surface area contributed by atoms with Crippen molar-refractivity contribution in [1.82, 2.24) is 14.8 Å². The van der Waals surface area contributed by atoms with Crippen molar-refractivity contribution in [1.29, 1.82) is 0 Å². The van der Waals surface area contributed by atoms with Gasteiger partial charge in [0, 0.05) is 29.9 Å². The number of hydrogen-bond acceptors (Lipinski definition) is 6. The highest BCUT2D eigenvalue weighted by molar-refractivity contribution is 8.00. The molecule has 0 bridgehead atoms. The van der Waals surface area contributed by atoms with Crippen LogP contribution in [-0.4, -0.2) is 38.9 Å². The molecule has 0 spiro atoms. The molecule has 1 atom stereocenters. The first-order valence-electron chi connectivity index (χ1n) is 11.9. The van der Waals surface area contributed by atoms with Crippen molar-refractivity contribution >= 4 is 35.0 Å². The van der Waals surface area contributed by atoms with E-state index in [0.717, 1.165) is 35.1 Å². The van der Waals surface area contributed by atoms with Crippen LogP contribution >= 0.6 is 11.8 Å². The quantitative estimate of drug-likeness (QED) is 0.400. The Kier molecular flexibility index (Phi) is 8.07. The molecule has 1 fully saturated rings. The average Bonchev–Trinajstić information content (AvgIpc) is 3.28. The Morgan fingerprint density at radius 3 is 2.20 bits per heavy atom. The van der Waals surface area contributed by atoms with Gasteiger partial charge in [-0.05, 0) is 68.3 Å². The Morgan fingerprint density at radius 1 is 0.971 bits per heavy atom. The summed E-state index contributed by atoms with van der Waals surface area (Å²) in [5.74, 6) is 1.36. The van der Waals surface area contributed by atoms with Crippen molar-refractivity contribution in [3.8, 4) is 17.1 Å². The van der Waals surface area contributed by atoms with E-state index in [2.05, 4.69) is 25.4 Å². The summed E-state index contributed by atoms with van der Waals surface area (Å²) >= 11 is 1.42. The molecule has 3 aromatic rings. The minimum absolute atomic E-state index is 0.119. The minimum Gasteiger partial charge on any atom is -0.497 e. The van der Waals surface area contributed by atoms with Crippen LogP contribution in [0.15, 0.2) is 53.7 Å². The third kappa shape index (κ3) is 6.22. The van der Waals surface area contributed by atoms with Crippen molar-refractivity contribution < 1.29 is 14.3 Å². The van der Waals surface area contributed by atoms with E-state index in [1.165, 1.54) is 37.9 Å². The van der Waals surface area contributed by atoms with E-state index in [9.17, 15) is 9.59 Å². The predicted molar refractivity (Wildman–Crippen MR) is 139 cm³/mol. The maximum absolute atomic E-state index is 12.9. The Morgan fingerprint density at radius 2 is 1.60 bits per heavy atom. The number of hydrogen-bond donors (Lipinski definition) is 2. The zero-order valence-corrected chi connectivity index (χ0v) is 21.1. The molecule has 1 aromatic heterocycles. The molecule has 8 nitrogen and oxygen atoms in total. The van der Waals surface area contributed by atoms with E-state index >= 15 is 0 Å². The maximum Gasteiger partial charge on any atom is 0.237 e. The number of carbonyl (C=O) groups excluding carboxylic acids is 2. The molecular weight excluding hydrogens is 462 g/mol. The Balaban J connectivity index is 1.51. The van der Waals surface area contributed by atoms with Crippen LogP contribution in [-0.2, 0) is 9.59 Å². The van der Waals surface area contributed by atoms with E-state index in [4.69, 9.17) is 4.74 Å². The third-order valence-corrected chi connectivity index (χ3v) is 7.13. The van der Waals surface area contributed by atoms with Crippen LogP contribution in [0, 0.1) is 0 Å². The summed E-state index contributed by atoms with van der Waals surface area (Å²) in [4.78, 5) is 24.1. The molecule has 2 amide bonds. The SMILES string of the molecule is COc1ccc(-c2nnc(SC(C)C(=O)Nc3ccc(NC(C)=O)cc3)n2C2CCCCC2)cc1. The number of methoxy groups -OCH3 is 1. The van der Waals surface area contributed by atoms with E-state index in [-0.39, 0.29) is 17.1 Å². The van der Waals surface area contributed by atoms with Crippen LogP contribution in [0.25, 0.3) is 11.4 Å². The summed E-state index contributed by atoms with van der Waals surface area (Å²) < 4.78 is 7.52. The van der Waals surface area contributed by atoms with Gasteiger partial charge >= 0.3 is 0 Å². The standard InChI is InChI=1S/C26H31N5O3S/c1-17(25(33)28-21-13-11-20(12-14-21)27-18(2)32)35-26-30-29-24(19-9-15-23(34-3)16-10-19)31(26)22-7-5-4-6-8-22/h9-17,22H,4-8H2,1-3H3,(H,27,32)(H,28,33). The second kappa shape index (κ2) is 11.4. The van der Waals surface area contributed by atoms with Crippen molar-refractivity contribution in [3.05, 3.63) is 48.5 Å². The number of anilines is 2. The number of amides is 2. The Hall–Kier alpha value is -3.33. The van der Waals surface area contributed by atoms with Gasteiger partial charge in [0.15, 0.2) is 11.0 Å². The second-order valence-corrected chi connectivity index (χ2v) is 10.0. The zero-order chi connectivity index (χ0) is 24.8. The van der Waals surface area contributed by atoms with Gasteiger partial charge in [-0.25, -0.2) is 0 Å². The molecule has 1 unspecified atom stereocenters. The van der Waals surface area contributed by atoms with Crippen molar-refractivity contribution in [3.63, 3.8) is 0 Å². The number of aromatic nitrogens is 3. The van der Waals surface area contributed by atoms with Gasteiger partial charge < -0.3 is 15.4 Å². The van der Waals surface area contributed by atoms with Gasteiger partial charge in [0.25, 0.3) is 0 Å². The first kappa shape index (κ1) is 24.8. The number of rotatable bonds is 8. The van der Waals surface area contributed by atoms with Crippen LogP contribution in [0.5, 0.6) is 5.75 Å².